The summed E-state index contributed by atoms with van der Waals surface area (Å²) in [5, 5.41) is 6.39. The average Bonchev–Trinajstić information content (AvgIpc) is 3.80. The first-order chi connectivity index (χ1) is 25.5. The maximum Gasteiger partial charge on any atom is 0.261 e. The van der Waals surface area contributed by atoms with Crippen molar-refractivity contribution in [3.63, 3.8) is 0 Å². The Kier molecular flexibility index (Phi) is 10.8. The number of rotatable bonds is 10. The molecule has 1 saturated carbocycles. The number of hydrogen-bond acceptors (Lipinski definition) is 6. The fraction of sp³-hybridized carbons (Fsp3) is 0.512. The first-order valence-electron chi connectivity index (χ1n) is 19.5. The standard InChI is InChI=1S/C43H56N6O3S/c1-26(2)49-40(37(23-44-49)43(51)48-28(5)14-16-33(48)25-46(6)7)32-20-31-21-34(52-8)17-19-35(31)41-39(29-12-10-9-11-13-29)36-18-15-30(22-38(36)47(41)24-32)42(50)45-53-27(3)4/h15,17-23,26-29,33H,9-14,16,24-25H2,1-8H3,(H,45,50). The molecule has 1 saturated heterocycles. The van der Waals surface area contributed by atoms with E-state index in [1.54, 1.807) is 13.3 Å². The van der Waals surface area contributed by atoms with E-state index in [0.717, 1.165) is 65.9 Å². The van der Waals surface area contributed by atoms with Crippen LogP contribution in [-0.4, -0.2) is 81.0 Å². The molecule has 1 N–H and O–H groups in total. The quantitative estimate of drug-likeness (QED) is 0.164. The topological polar surface area (TPSA) is 84.6 Å². The summed E-state index contributed by atoms with van der Waals surface area (Å²) in [7, 11) is 5.87. The van der Waals surface area contributed by atoms with Crippen molar-refractivity contribution in [3.8, 4) is 17.0 Å². The van der Waals surface area contributed by atoms with Gasteiger partial charge < -0.3 is 19.1 Å². The number of methoxy groups -OCH3 is 1. The van der Waals surface area contributed by atoms with E-state index >= 15 is 0 Å². The van der Waals surface area contributed by atoms with Gasteiger partial charge in [0.25, 0.3) is 11.8 Å². The van der Waals surface area contributed by atoms with Gasteiger partial charge in [0.1, 0.15) is 5.75 Å². The van der Waals surface area contributed by atoms with Crippen LogP contribution < -0.4 is 9.46 Å². The van der Waals surface area contributed by atoms with Crippen molar-refractivity contribution in [1.29, 1.82) is 0 Å². The van der Waals surface area contributed by atoms with Gasteiger partial charge in [-0.1, -0.05) is 39.2 Å². The van der Waals surface area contributed by atoms with Gasteiger partial charge in [-0.15, -0.1) is 0 Å². The van der Waals surface area contributed by atoms with Gasteiger partial charge in [0.2, 0.25) is 0 Å². The van der Waals surface area contributed by atoms with E-state index in [0.29, 0.717) is 23.6 Å². The smallest absolute Gasteiger partial charge is 0.261 e. The predicted molar refractivity (Wildman–Crippen MR) is 218 cm³/mol. The van der Waals surface area contributed by atoms with Gasteiger partial charge in [-0.05, 0) is 132 Å². The molecular formula is C43H56N6O3S. The molecule has 9 nitrogen and oxygen atoms in total. The molecule has 0 radical (unpaired) electrons. The van der Waals surface area contributed by atoms with E-state index < -0.39 is 0 Å². The largest absolute Gasteiger partial charge is 0.497 e. The number of nitrogens with one attached hydrogen (secondary N) is 1. The van der Waals surface area contributed by atoms with Crippen LogP contribution >= 0.6 is 11.9 Å². The average molecular weight is 737 g/mol. The Morgan fingerprint density at radius 1 is 1.00 bits per heavy atom. The van der Waals surface area contributed by atoms with E-state index in [4.69, 9.17) is 9.84 Å². The fourth-order valence-corrected chi connectivity index (χ4v) is 9.43. The first-order valence-corrected chi connectivity index (χ1v) is 20.4. The van der Waals surface area contributed by atoms with E-state index in [1.165, 1.54) is 47.9 Å². The molecule has 2 aliphatic heterocycles. The SMILES string of the molecule is COc1ccc2c(c1)C=C(c1c(C(=O)N3C(C)CCC3CN(C)C)cnn1C(C)C)Cn1c-2c(C2CCCCC2)c2ccc(C(=O)NSC(C)C)cc21. The molecule has 3 aliphatic rings. The molecule has 0 bridgehead atoms. The number of amides is 2. The molecule has 2 fully saturated rings. The van der Waals surface area contributed by atoms with Gasteiger partial charge in [-0.2, -0.15) is 5.10 Å². The second-order valence-electron chi connectivity index (χ2n) is 16.1. The molecule has 53 heavy (non-hydrogen) atoms. The van der Waals surface area contributed by atoms with Crippen molar-refractivity contribution in [2.75, 3.05) is 27.7 Å². The Balaban J connectivity index is 1.45. The highest BCUT2D eigenvalue weighted by molar-refractivity contribution is 7.98. The Labute approximate surface area is 319 Å². The lowest BCUT2D eigenvalue weighted by Crippen LogP contribution is -2.44. The van der Waals surface area contributed by atoms with Gasteiger partial charge in [-0.25, -0.2) is 0 Å². The summed E-state index contributed by atoms with van der Waals surface area (Å²) in [6.07, 6.45) is 12.0. The van der Waals surface area contributed by atoms with Crippen molar-refractivity contribution >= 4 is 46.3 Å². The van der Waals surface area contributed by atoms with Crippen molar-refractivity contribution in [2.24, 2.45) is 0 Å². The minimum atomic E-state index is -0.0901. The molecule has 2 aromatic carbocycles. The summed E-state index contributed by atoms with van der Waals surface area (Å²) in [6, 6.07) is 12.9. The number of carbonyl (C=O) groups excluding carboxylic acids is 2. The van der Waals surface area contributed by atoms with Crippen molar-refractivity contribution < 1.29 is 14.3 Å². The normalized spacial score (nSPS) is 19.2. The summed E-state index contributed by atoms with van der Waals surface area (Å²) >= 11 is 1.44. The van der Waals surface area contributed by atoms with Crippen molar-refractivity contribution in [3.05, 3.63) is 70.5 Å². The first kappa shape index (κ1) is 37.3. The zero-order valence-corrected chi connectivity index (χ0v) is 33.6. The second kappa shape index (κ2) is 15.4. The van der Waals surface area contributed by atoms with Gasteiger partial charge >= 0.3 is 0 Å². The minimum Gasteiger partial charge on any atom is -0.497 e. The molecule has 282 valence electrons. The Hall–Kier alpha value is -4.02. The summed E-state index contributed by atoms with van der Waals surface area (Å²) in [5.74, 6) is 1.16. The number of ether oxygens (including phenoxy) is 1. The summed E-state index contributed by atoms with van der Waals surface area (Å²) < 4.78 is 13.3. The Bertz CT molecular complexity index is 2030. The minimum absolute atomic E-state index is 0.0292. The fourth-order valence-electron chi connectivity index (χ4n) is 8.96. The highest BCUT2D eigenvalue weighted by Crippen LogP contribution is 2.48. The van der Waals surface area contributed by atoms with Crippen LogP contribution in [0, 0.1) is 0 Å². The monoisotopic (exact) mass is 736 g/mol. The summed E-state index contributed by atoms with van der Waals surface area (Å²) in [6.45, 7) is 11.9. The Morgan fingerprint density at radius 3 is 2.47 bits per heavy atom. The summed E-state index contributed by atoms with van der Waals surface area (Å²) in [5.41, 5.74) is 8.97. The second-order valence-corrected chi connectivity index (χ2v) is 17.5. The molecule has 2 amide bonds. The number of carbonyl (C=O) groups is 2. The molecule has 1 aliphatic carbocycles. The van der Waals surface area contributed by atoms with Gasteiger partial charge in [0, 0.05) is 52.0 Å². The molecular weight excluding hydrogens is 681 g/mol. The Morgan fingerprint density at radius 2 is 1.77 bits per heavy atom. The molecule has 2 atom stereocenters. The third-order valence-electron chi connectivity index (χ3n) is 11.4. The van der Waals surface area contributed by atoms with Crippen LogP contribution in [0.15, 0.2) is 42.6 Å². The maximum atomic E-state index is 14.8. The molecule has 4 heterocycles. The van der Waals surface area contributed by atoms with Crippen LogP contribution in [0.5, 0.6) is 5.75 Å². The zero-order valence-electron chi connectivity index (χ0n) is 32.7. The number of fused-ring (bicyclic) bond motifs is 5. The molecule has 10 heteroatoms. The summed E-state index contributed by atoms with van der Waals surface area (Å²) in [4.78, 5) is 32.6. The zero-order chi connectivity index (χ0) is 37.6. The lowest BCUT2D eigenvalue weighted by atomic mass is 9.81. The molecule has 4 aromatic rings. The van der Waals surface area contributed by atoms with Crippen LogP contribution in [0.2, 0.25) is 0 Å². The number of likely N-dealkylation sites (N-methyl/N-ethyl adjacent to an activating group) is 1. The van der Waals surface area contributed by atoms with E-state index in [9.17, 15) is 9.59 Å². The van der Waals surface area contributed by atoms with E-state index in [-0.39, 0.29) is 35.2 Å². The molecule has 0 spiro atoms. The number of aromatic nitrogens is 3. The lowest BCUT2D eigenvalue weighted by molar-refractivity contribution is 0.0655. The third kappa shape index (κ3) is 7.17. The molecule has 2 aromatic heterocycles. The molecule has 2 unspecified atom stereocenters. The van der Waals surface area contributed by atoms with Crippen molar-refractivity contribution in [1.82, 2.24) is 28.9 Å². The van der Waals surface area contributed by atoms with E-state index in [2.05, 4.69) is 104 Å². The maximum absolute atomic E-state index is 14.8. The number of allylic oxidation sites excluding steroid dienone is 1. The van der Waals surface area contributed by atoms with Crippen LogP contribution in [-0.2, 0) is 6.54 Å². The number of hydrogen-bond donors (Lipinski definition) is 1. The predicted octanol–water partition coefficient (Wildman–Crippen LogP) is 9.04. The third-order valence-corrected chi connectivity index (χ3v) is 12.1. The number of benzene rings is 2. The molecule has 7 rings (SSSR count). The highest BCUT2D eigenvalue weighted by atomic mass is 32.2. The van der Waals surface area contributed by atoms with Crippen LogP contribution in [0.25, 0.3) is 33.8 Å². The van der Waals surface area contributed by atoms with Crippen LogP contribution in [0.1, 0.15) is 129 Å². The number of nitrogens with zero attached hydrogens (tertiary/aromatic N) is 5. The van der Waals surface area contributed by atoms with Gasteiger partial charge in [0.15, 0.2) is 0 Å². The highest BCUT2D eigenvalue weighted by Gasteiger charge is 2.38. The van der Waals surface area contributed by atoms with Gasteiger partial charge in [0.05, 0.1) is 36.8 Å². The van der Waals surface area contributed by atoms with E-state index in [1.807, 2.05) is 10.7 Å². The van der Waals surface area contributed by atoms with Crippen molar-refractivity contribution in [2.45, 2.75) is 115 Å². The van der Waals surface area contributed by atoms with Crippen LogP contribution in [0.4, 0.5) is 0 Å². The van der Waals surface area contributed by atoms with Crippen LogP contribution in [0.3, 0.4) is 0 Å². The lowest BCUT2D eigenvalue weighted by Gasteiger charge is -2.30. The number of likely N-dealkylation sites (tertiary alicyclic amines) is 1. The van der Waals surface area contributed by atoms with Gasteiger partial charge in [-0.3, -0.25) is 19.0 Å².